The second-order valence-corrected chi connectivity index (χ2v) is 4.85. The quantitative estimate of drug-likeness (QED) is 0.937. The lowest BCUT2D eigenvalue weighted by molar-refractivity contribution is -0.142. The fourth-order valence-electron chi connectivity index (χ4n) is 1.71. The number of carbonyl (C=O) groups is 1. The average molecular weight is 299 g/mol. The molecule has 0 saturated carbocycles. The topological polar surface area (TPSA) is 80.9 Å². The predicted octanol–water partition coefficient (Wildman–Crippen LogP) is 2.41. The van der Waals surface area contributed by atoms with Crippen molar-refractivity contribution < 1.29 is 14.3 Å². The molecule has 0 aliphatic rings. The van der Waals surface area contributed by atoms with Crippen LogP contribution in [0.4, 0.5) is 4.39 Å². The highest BCUT2D eigenvalue weighted by Gasteiger charge is 2.25. The van der Waals surface area contributed by atoms with Crippen molar-refractivity contribution in [1.29, 1.82) is 0 Å². The lowest BCUT2D eigenvalue weighted by Gasteiger charge is -2.17. The summed E-state index contributed by atoms with van der Waals surface area (Å²) in [5, 5.41) is 20.2. The number of rotatable bonds is 4. The summed E-state index contributed by atoms with van der Waals surface area (Å²) in [6.07, 6.45) is 0. The van der Waals surface area contributed by atoms with Crippen LogP contribution in [-0.2, 0) is 4.79 Å². The largest absolute Gasteiger partial charge is 0.481 e. The van der Waals surface area contributed by atoms with Gasteiger partial charge >= 0.3 is 5.97 Å². The van der Waals surface area contributed by atoms with Crippen molar-refractivity contribution >= 4 is 17.6 Å². The summed E-state index contributed by atoms with van der Waals surface area (Å²) in [6.45, 7) is 3.26. The number of nitrogens with zero attached hydrogens (tertiary/aromatic N) is 4. The molecule has 1 heterocycles. The van der Waals surface area contributed by atoms with Crippen molar-refractivity contribution in [2.24, 2.45) is 5.92 Å². The van der Waals surface area contributed by atoms with Gasteiger partial charge in [0.2, 0.25) is 0 Å². The highest BCUT2D eigenvalue weighted by Crippen LogP contribution is 2.26. The van der Waals surface area contributed by atoms with Crippen LogP contribution in [0.2, 0.25) is 5.02 Å². The number of hydrogen-bond donors (Lipinski definition) is 1. The van der Waals surface area contributed by atoms with Gasteiger partial charge in [-0.3, -0.25) is 4.79 Å². The molecule has 1 N–H and O–H groups in total. The van der Waals surface area contributed by atoms with Crippen LogP contribution in [0.15, 0.2) is 18.2 Å². The van der Waals surface area contributed by atoms with E-state index in [4.69, 9.17) is 16.7 Å². The Bertz CT molecular complexity index is 646. The Morgan fingerprint density at radius 1 is 1.45 bits per heavy atom. The maximum absolute atomic E-state index is 13.2. The van der Waals surface area contributed by atoms with Gasteiger partial charge in [-0.15, -0.1) is 5.10 Å². The highest BCUT2D eigenvalue weighted by molar-refractivity contribution is 6.31. The summed E-state index contributed by atoms with van der Waals surface area (Å²) in [5.41, 5.74) is 0.519. The van der Waals surface area contributed by atoms with Gasteiger partial charge in [0.05, 0.1) is 17.0 Å². The van der Waals surface area contributed by atoms with E-state index in [1.165, 1.54) is 22.9 Å². The van der Waals surface area contributed by atoms with Crippen LogP contribution in [-0.4, -0.2) is 31.3 Å². The molecule has 0 aliphatic carbocycles. The minimum Gasteiger partial charge on any atom is -0.481 e. The lowest BCUT2D eigenvalue weighted by Crippen LogP contribution is -2.23. The van der Waals surface area contributed by atoms with Crippen LogP contribution in [0, 0.1) is 11.7 Å². The van der Waals surface area contributed by atoms with Crippen molar-refractivity contribution in [2.75, 3.05) is 0 Å². The number of aromatic nitrogens is 4. The zero-order chi connectivity index (χ0) is 14.9. The van der Waals surface area contributed by atoms with Crippen LogP contribution in [0.5, 0.6) is 0 Å². The van der Waals surface area contributed by atoms with Crippen molar-refractivity contribution in [1.82, 2.24) is 20.2 Å². The van der Waals surface area contributed by atoms with Gasteiger partial charge in [-0.05, 0) is 42.5 Å². The molecule has 0 amide bonds. The monoisotopic (exact) mass is 298 g/mol. The summed E-state index contributed by atoms with van der Waals surface area (Å²) < 4.78 is 14.6. The summed E-state index contributed by atoms with van der Waals surface area (Å²) in [4.78, 5) is 11.0. The molecule has 106 valence electrons. The van der Waals surface area contributed by atoms with Gasteiger partial charge in [0.1, 0.15) is 5.82 Å². The Labute approximate surface area is 119 Å². The molecule has 0 fully saturated rings. The molecule has 2 atom stereocenters. The van der Waals surface area contributed by atoms with Gasteiger partial charge in [0.15, 0.2) is 5.82 Å². The van der Waals surface area contributed by atoms with E-state index in [0.29, 0.717) is 11.4 Å². The number of carboxylic acids is 1. The summed E-state index contributed by atoms with van der Waals surface area (Å²) in [5.74, 6) is -1.82. The molecule has 0 saturated heterocycles. The number of hydrogen-bond acceptors (Lipinski definition) is 4. The standard InChI is InChI=1S/C12H12ClFN4O2/c1-6(12(19)20)7(2)18-11(15-16-17-18)8-3-4-10(14)9(13)5-8/h3-7H,1-2H3,(H,19,20). The average Bonchev–Trinajstić information content (AvgIpc) is 2.89. The molecule has 2 aromatic rings. The number of halogens is 2. The van der Waals surface area contributed by atoms with E-state index in [2.05, 4.69) is 15.5 Å². The van der Waals surface area contributed by atoms with Crippen LogP contribution in [0.3, 0.4) is 0 Å². The predicted molar refractivity (Wildman–Crippen MR) is 69.7 cm³/mol. The first-order chi connectivity index (χ1) is 9.41. The second kappa shape index (κ2) is 5.54. The van der Waals surface area contributed by atoms with Crippen molar-refractivity contribution in [3.8, 4) is 11.4 Å². The normalized spacial score (nSPS) is 14.0. The fraction of sp³-hybridized carbons (Fsp3) is 0.333. The maximum Gasteiger partial charge on any atom is 0.308 e. The number of aliphatic carboxylic acids is 1. The molecular weight excluding hydrogens is 287 g/mol. The smallest absolute Gasteiger partial charge is 0.308 e. The zero-order valence-electron chi connectivity index (χ0n) is 10.8. The van der Waals surface area contributed by atoms with Crippen LogP contribution in [0.25, 0.3) is 11.4 Å². The molecule has 2 rings (SSSR count). The van der Waals surface area contributed by atoms with Crippen molar-refractivity contribution in [3.63, 3.8) is 0 Å². The second-order valence-electron chi connectivity index (χ2n) is 4.44. The third-order valence-electron chi connectivity index (χ3n) is 3.17. The molecule has 8 heteroatoms. The van der Waals surface area contributed by atoms with Crippen molar-refractivity contribution in [2.45, 2.75) is 19.9 Å². The first-order valence-electron chi connectivity index (χ1n) is 5.88. The van der Waals surface area contributed by atoms with Crippen LogP contribution in [0.1, 0.15) is 19.9 Å². The zero-order valence-corrected chi connectivity index (χ0v) is 11.5. The van der Waals surface area contributed by atoms with E-state index < -0.39 is 23.7 Å². The minimum atomic E-state index is -0.948. The van der Waals surface area contributed by atoms with Crippen molar-refractivity contribution in [3.05, 3.63) is 29.0 Å². The molecule has 20 heavy (non-hydrogen) atoms. The molecule has 0 aliphatic heterocycles. The van der Waals surface area contributed by atoms with E-state index in [1.54, 1.807) is 13.8 Å². The lowest BCUT2D eigenvalue weighted by atomic mass is 10.0. The number of tetrazole rings is 1. The Hall–Kier alpha value is -2.02. The molecule has 6 nitrogen and oxygen atoms in total. The van der Waals surface area contributed by atoms with E-state index >= 15 is 0 Å². The highest BCUT2D eigenvalue weighted by atomic mass is 35.5. The van der Waals surface area contributed by atoms with Gasteiger partial charge in [0, 0.05) is 5.56 Å². The molecule has 1 aromatic carbocycles. The third kappa shape index (κ3) is 2.62. The Morgan fingerprint density at radius 3 is 2.75 bits per heavy atom. The Kier molecular flexibility index (Phi) is 3.99. The molecule has 0 spiro atoms. The molecule has 2 unspecified atom stereocenters. The Balaban J connectivity index is 2.42. The first kappa shape index (κ1) is 14.4. The first-order valence-corrected chi connectivity index (χ1v) is 6.25. The van der Waals surface area contributed by atoms with Crippen LogP contribution < -0.4 is 0 Å². The summed E-state index contributed by atoms with van der Waals surface area (Å²) in [7, 11) is 0. The number of carboxylic acid groups (broad SMARTS) is 1. The van der Waals surface area contributed by atoms with Gasteiger partial charge in [-0.2, -0.15) is 0 Å². The van der Waals surface area contributed by atoms with E-state index in [1.807, 2.05) is 0 Å². The summed E-state index contributed by atoms with van der Waals surface area (Å²) in [6, 6.07) is 3.64. The van der Waals surface area contributed by atoms with E-state index in [-0.39, 0.29) is 5.02 Å². The van der Waals surface area contributed by atoms with E-state index in [0.717, 1.165) is 0 Å². The number of benzene rings is 1. The van der Waals surface area contributed by atoms with E-state index in [9.17, 15) is 9.18 Å². The van der Waals surface area contributed by atoms with Gasteiger partial charge in [-0.1, -0.05) is 11.6 Å². The van der Waals surface area contributed by atoms with Gasteiger partial charge in [-0.25, -0.2) is 9.07 Å². The maximum atomic E-state index is 13.2. The molecule has 1 aromatic heterocycles. The van der Waals surface area contributed by atoms with Gasteiger partial charge in [0.25, 0.3) is 0 Å². The molecular formula is C12H12ClFN4O2. The Morgan fingerprint density at radius 2 is 2.15 bits per heavy atom. The van der Waals surface area contributed by atoms with Gasteiger partial charge < -0.3 is 5.11 Å². The summed E-state index contributed by atoms with van der Waals surface area (Å²) >= 11 is 5.73. The third-order valence-corrected chi connectivity index (χ3v) is 3.46. The SMILES string of the molecule is CC(C(=O)O)C(C)n1nnnc1-c1ccc(F)c(Cl)c1. The minimum absolute atomic E-state index is 0.0454. The fourth-order valence-corrected chi connectivity index (χ4v) is 1.89. The molecule has 0 radical (unpaired) electrons. The molecule has 0 bridgehead atoms. The van der Waals surface area contributed by atoms with Crippen LogP contribution >= 0.6 is 11.6 Å².